The Morgan fingerprint density at radius 3 is 2.34 bits per heavy atom. The summed E-state index contributed by atoms with van der Waals surface area (Å²) in [5, 5.41) is 18.5. The molecule has 11 heteroatoms. The van der Waals surface area contributed by atoms with Gasteiger partial charge >= 0.3 is 5.97 Å². The summed E-state index contributed by atoms with van der Waals surface area (Å²) in [6.45, 7) is 1.93. The van der Waals surface area contributed by atoms with E-state index < -0.39 is 17.1 Å². The number of carboxylic acid groups (broad SMARTS) is 1. The highest BCUT2D eigenvalue weighted by atomic mass is 32.2. The van der Waals surface area contributed by atoms with Gasteiger partial charge in [0, 0.05) is 32.5 Å². The molecule has 5 aromatic rings. The number of rotatable bonds is 11. The Kier molecular flexibility index (Phi) is 9.47. The zero-order valence-electron chi connectivity index (χ0n) is 24.1. The van der Waals surface area contributed by atoms with Crippen molar-refractivity contribution in [1.82, 2.24) is 4.98 Å². The van der Waals surface area contributed by atoms with Crippen LogP contribution in [0.5, 0.6) is 11.5 Å². The second kappa shape index (κ2) is 13.6. The number of nitrogens with one attached hydrogen (secondary N) is 2. The number of ether oxygens (including phenoxy) is 2. The summed E-state index contributed by atoms with van der Waals surface area (Å²) in [4.78, 5) is 43.7. The lowest BCUT2D eigenvalue weighted by Gasteiger charge is -2.15. The summed E-state index contributed by atoms with van der Waals surface area (Å²) in [5.74, 6) is -0.505. The first kappa shape index (κ1) is 30.6. The fourth-order valence-corrected chi connectivity index (χ4v) is 6.42. The number of carbonyl (C=O) groups is 3. The molecule has 9 nitrogen and oxygen atoms in total. The molecule has 0 saturated heterocycles. The third-order valence-corrected chi connectivity index (χ3v) is 8.94. The van der Waals surface area contributed by atoms with E-state index in [0.29, 0.717) is 45.2 Å². The van der Waals surface area contributed by atoms with Gasteiger partial charge in [-0.1, -0.05) is 37.3 Å². The number of aromatic nitrogens is 1. The van der Waals surface area contributed by atoms with Crippen LogP contribution in [-0.2, 0) is 4.79 Å². The predicted octanol–water partition coefficient (Wildman–Crippen LogP) is 7.44. The van der Waals surface area contributed by atoms with Crippen LogP contribution in [0, 0.1) is 0 Å². The van der Waals surface area contributed by atoms with E-state index in [4.69, 9.17) is 9.47 Å². The number of amides is 2. The van der Waals surface area contributed by atoms with Gasteiger partial charge in [0.15, 0.2) is 16.6 Å². The number of hydrogen-bond acceptors (Lipinski definition) is 8. The van der Waals surface area contributed by atoms with Crippen molar-refractivity contribution in [3.63, 3.8) is 0 Å². The zero-order valence-corrected chi connectivity index (χ0v) is 25.8. The van der Waals surface area contributed by atoms with E-state index in [-0.39, 0.29) is 17.0 Å². The second-order valence-electron chi connectivity index (χ2n) is 9.61. The Bertz CT molecular complexity index is 1850. The molecule has 2 amide bonds. The fourth-order valence-electron chi connectivity index (χ4n) is 4.69. The standard InChI is InChI=1S/C33H29N3O6S2/c1-4-28(31(38)36-33-35-25(18-43-33)20-14-15-26(41-2)27(16-20)42-3)44-22-11-7-10-21(17-22)34-30(37)23-12-5-8-19-9-6-13-24(29(19)23)32(39)40/h5-18,28H,4H2,1-3H3,(H,34,37)(H,39,40)(H,35,36,38). The minimum atomic E-state index is -1.10. The molecule has 0 radical (unpaired) electrons. The van der Waals surface area contributed by atoms with Crippen LogP contribution in [0.1, 0.15) is 34.1 Å². The number of hydrogen-bond donors (Lipinski definition) is 3. The van der Waals surface area contributed by atoms with Gasteiger partial charge < -0.3 is 25.2 Å². The van der Waals surface area contributed by atoms with Gasteiger partial charge in [-0.05, 0) is 60.3 Å². The smallest absolute Gasteiger partial charge is 0.336 e. The maximum Gasteiger partial charge on any atom is 0.336 e. The van der Waals surface area contributed by atoms with Crippen molar-refractivity contribution in [2.75, 3.05) is 24.9 Å². The third-order valence-electron chi connectivity index (χ3n) is 6.83. The first-order chi connectivity index (χ1) is 21.3. The average molecular weight is 628 g/mol. The number of methoxy groups -OCH3 is 2. The van der Waals surface area contributed by atoms with Gasteiger partial charge in [-0.25, -0.2) is 9.78 Å². The number of fused-ring (bicyclic) bond motifs is 1. The summed E-state index contributed by atoms with van der Waals surface area (Å²) >= 11 is 2.71. The lowest BCUT2D eigenvalue weighted by Crippen LogP contribution is -2.24. The molecule has 0 aliphatic rings. The molecule has 0 fully saturated rings. The molecule has 1 heterocycles. The Labute approximate surface area is 262 Å². The van der Waals surface area contributed by atoms with Crippen LogP contribution < -0.4 is 20.1 Å². The molecule has 4 aromatic carbocycles. The molecular formula is C33H29N3O6S2. The molecule has 0 spiro atoms. The molecule has 3 N–H and O–H groups in total. The van der Waals surface area contributed by atoms with Gasteiger partial charge in [0.1, 0.15) is 0 Å². The molecule has 0 saturated carbocycles. The topological polar surface area (TPSA) is 127 Å². The Morgan fingerprint density at radius 1 is 0.909 bits per heavy atom. The van der Waals surface area contributed by atoms with Crippen molar-refractivity contribution < 1.29 is 29.0 Å². The SMILES string of the molecule is CCC(Sc1cccc(NC(=O)c2cccc3cccc(C(=O)O)c23)c1)C(=O)Nc1nc(-c2ccc(OC)c(OC)c2)cs1. The van der Waals surface area contributed by atoms with E-state index in [9.17, 15) is 19.5 Å². The molecule has 0 aliphatic carbocycles. The van der Waals surface area contributed by atoms with Gasteiger partial charge in [-0.2, -0.15) is 0 Å². The number of thioether (sulfide) groups is 1. The van der Waals surface area contributed by atoms with Crippen LogP contribution in [-0.4, -0.2) is 47.3 Å². The number of carboxylic acids is 1. The normalized spacial score (nSPS) is 11.5. The van der Waals surface area contributed by atoms with E-state index in [2.05, 4.69) is 15.6 Å². The maximum absolute atomic E-state index is 13.3. The molecule has 44 heavy (non-hydrogen) atoms. The Hall–Kier alpha value is -4.87. The summed E-state index contributed by atoms with van der Waals surface area (Å²) < 4.78 is 10.7. The van der Waals surface area contributed by atoms with E-state index in [1.807, 2.05) is 30.5 Å². The number of carbonyl (C=O) groups excluding carboxylic acids is 2. The number of aromatic carboxylic acids is 1. The van der Waals surface area contributed by atoms with Crippen LogP contribution in [0.4, 0.5) is 10.8 Å². The van der Waals surface area contributed by atoms with E-state index >= 15 is 0 Å². The van der Waals surface area contributed by atoms with Gasteiger partial charge in [0.05, 0.1) is 30.7 Å². The molecule has 224 valence electrons. The van der Waals surface area contributed by atoms with E-state index in [1.54, 1.807) is 68.8 Å². The molecule has 1 atom stereocenters. The largest absolute Gasteiger partial charge is 0.493 e. The highest BCUT2D eigenvalue weighted by Crippen LogP contribution is 2.34. The summed E-state index contributed by atoms with van der Waals surface area (Å²) in [7, 11) is 3.15. The number of thiazole rings is 1. The third kappa shape index (κ3) is 6.69. The zero-order chi connectivity index (χ0) is 31.2. The molecule has 0 bridgehead atoms. The molecule has 0 aliphatic heterocycles. The van der Waals surface area contributed by atoms with Gasteiger partial charge in [-0.15, -0.1) is 23.1 Å². The molecule has 1 aromatic heterocycles. The van der Waals surface area contributed by atoms with Crippen LogP contribution in [0.15, 0.2) is 89.1 Å². The predicted molar refractivity (Wildman–Crippen MR) is 175 cm³/mol. The molecular weight excluding hydrogens is 599 g/mol. The summed E-state index contributed by atoms with van der Waals surface area (Å²) in [5.41, 5.74) is 2.39. The molecule has 5 rings (SSSR count). The van der Waals surface area contributed by atoms with Crippen molar-refractivity contribution in [2.45, 2.75) is 23.5 Å². The number of benzene rings is 4. The van der Waals surface area contributed by atoms with Crippen LogP contribution in [0.2, 0.25) is 0 Å². The fraction of sp³-hybridized carbons (Fsp3) is 0.152. The quantitative estimate of drug-likeness (QED) is 0.129. The van der Waals surface area contributed by atoms with Crippen LogP contribution in [0.3, 0.4) is 0 Å². The van der Waals surface area contributed by atoms with E-state index in [1.165, 1.54) is 29.2 Å². The number of nitrogens with zero attached hydrogens (tertiary/aromatic N) is 1. The monoisotopic (exact) mass is 627 g/mol. The minimum absolute atomic E-state index is 0.0606. The average Bonchev–Trinajstić information content (AvgIpc) is 3.51. The second-order valence-corrected chi connectivity index (χ2v) is 11.7. The minimum Gasteiger partial charge on any atom is -0.493 e. The lowest BCUT2D eigenvalue weighted by atomic mass is 9.98. The first-order valence-electron chi connectivity index (χ1n) is 13.6. The highest BCUT2D eigenvalue weighted by molar-refractivity contribution is 8.00. The first-order valence-corrected chi connectivity index (χ1v) is 15.4. The summed E-state index contributed by atoms with van der Waals surface area (Å²) in [6, 6.07) is 22.7. The van der Waals surface area contributed by atoms with Crippen molar-refractivity contribution in [2.24, 2.45) is 0 Å². The Balaban J connectivity index is 1.27. The van der Waals surface area contributed by atoms with Gasteiger partial charge in [-0.3, -0.25) is 9.59 Å². The lowest BCUT2D eigenvalue weighted by molar-refractivity contribution is -0.115. The van der Waals surface area contributed by atoms with Gasteiger partial charge in [0.25, 0.3) is 5.91 Å². The van der Waals surface area contributed by atoms with Crippen molar-refractivity contribution in [3.05, 3.63) is 95.4 Å². The van der Waals surface area contributed by atoms with Crippen molar-refractivity contribution in [1.29, 1.82) is 0 Å². The van der Waals surface area contributed by atoms with Crippen LogP contribution in [0.25, 0.3) is 22.0 Å². The highest BCUT2D eigenvalue weighted by Gasteiger charge is 2.21. The summed E-state index contributed by atoms with van der Waals surface area (Å²) in [6.07, 6.45) is 0.564. The van der Waals surface area contributed by atoms with E-state index in [0.717, 1.165) is 10.5 Å². The maximum atomic E-state index is 13.3. The molecule has 1 unspecified atom stereocenters. The van der Waals surface area contributed by atoms with Gasteiger partial charge in [0.2, 0.25) is 5.91 Å². The van der Waals surface area contributed by atoms with Crippen LogP contribution >= 0.6 is 23.1 Å². The Morgan fingerprint density at radius 2 is 1.64 bits per heavy atom. The van der Waals surface area contributed by atoms with Crippen molar-refractivity contribution in [3.8, 4) is 22.8 Å². The van der Waals surface area contributed by atoms with Crippen molar-refractivity contribution >= 4 is 62.5 Å². The number of anilines is 2.